The fourth-order valence-corrected chi connectivity index (χ4v) is 6.44. The summed E-state index contributed by atoms with van der Waals surface area (Å²) >= 11 is 0. The molecule has 1 aromatic heterocycles. The van der Waals surface area contributed by atoms with Gasteiger partial charge in [0, 0.05) is 49.0 Å². The second-order valence-electron chi connectivity index (χ2n) is 14.0. The van der Waals surface area contributed by atoms with Crippen molar-refractivity contribution in [3.05, 3.63) is 89.5 Å². The third-order valence-electron chi connectivity index (χ3n) is 8.53. The zero-order valence-electron chi connectivity index (χ0n) is 29.1. The first-order valence-electron chi connectivity index (χ1n) is 16.5. The van der Waals surface area contributed by atoms with Gasteiger partial charge >= 0.3 is 0 Å². The second kappa shape index (κ2) is 14.4. The van der Waals surface area contributed by atoms with E-state index in [0.717, 1.165) is 27.8 Å². The quantitative estimate of drug-likeness (QED) is 0.208. The van der Waals surface area contributed by atoms with Crippen LogP contribution in [0.5, 0.6) is 0 Å². The van der Waals surface area contributed by atoms with E-state index in [9.17, 15) is 19.2 Å². The molecule has 1 aliphatic rings. The summed E-state index contributed by atoms with van der Waals surface area (Å²) in [6.07, 6.45) is 1.40. The van der Waals surface area contributed by atoms with Gasteiger partial charge in [-0.2, -0.15) is 0 Å². The molecule has 11 heteroatoms. The Labute approximate surface area is 287 Å². The van der Waals surface area contributed by atoms with E-state index in [1.54, 1.807) is 9.58 Å². The fourth-order valence-electron chi connectivity index (χ4n) is 6.44. The lowest BCUT2D eigenvalue weighted by Crippen LogP contribution is -2.43. The van der Waals surface area contributed by atoms with Gasteiger partial charge < -0.3 is 20.9 Å². The van der Waals surface area contributed by atoms with E-state index in [1.807, 2.05) is 100 Å². The molecule has 4 aromatic rings. The number of benzene rings is 3. The van der Waals surface area contributed by atoms with Crippen molar-refractivity contribution in [2.45, 2.75) is 91.5 Å². The van der Waals surface area contributed by atoms with Gasteiger partial charge in [0.2, 0.25) is 23.6 Å². The van der Waals surface area contributed by atoms with Gasteiger partial charge in [-0.05, 0) is 63.3 Å². The SMILES string of the molecule is CC(=O)NC(C)(C)CCC(=O)N1Cc2ccccc2-c2c(nnn2CC(=O)NCc2ccc(CC(C)(C)NC(C)=O)cc2)-c2ccccc21. The minimum absolute atomic E-state index is 0.0390. The van der Waals surface area contributed by atoms with Gasteiger partial charge in [0.1, 0.15) is 12.2 Å². The van der Waals surface area contributed by atoms with Crippen molar-refractivity contribution in [2.24, 2.45) is 0 Å². The molecule has 0 spiro atoms. The summed E-state index contributed by atoms with van der Waals surface area (Å²) in [5.41, 5.74) is 5.64. The minimum Gasteiger partial charge on any atom is -0.351 e. The number of hydrogen-bond donors (Lipinski definition) is 3. The first-order valence-corrected chi connectivity index (χ1v) is 16.5. The van der Waals surface area contributed by atoms with E-state index < -0.39 is 5.54 Å². The molecule has 0 saturated heterocycles. The van der Waals surface area contributed by atoms with Crippen molar-refractivity contribution in [3.8, 4) is 22.5 Å². The molecule has 49 heavy (non-hydrogen) atoms. The van der Waals surface area contributed by atoms with Crippen LogP contribution in [0.3, 0.4) is 0 Å². The third kappa shape index (κ3) is 8.78. The number of aromatic nitrogens is 3. The first kappa shape index (κ1) is 35.0. The van der Waals surface area contributed by atoms with E-state index >= 15 is 0 Å². The first-order chi connectivity index (χ1) is 23.2. The van der Waals surface area contributed by atoms with Crippen LogP contribution >= 0.6 is 0 Å². The largest absolute Gasteiger partial charge is 0.351 e. The van der Waals surface area contributed by atoms with Crippen molar-refractivity contribution in [3.63, 3.8) is 0 Å². The predicted molar refractivity (Wildman–Crippen MR) is 189 cm³/mol. The van der Waals surface area contributed by atoms with Crippen LogP contribution < -0.4 is 20.9 Å². The summed E-state index contributed by atoms with van der Waals surface area (Å²) in [6, 6.07) is 23.4. The van der Waals surface area contributed by atoms with Crippen LogP contribution in [0.25, 0.3) is 22.5 Å². The number of anilines is 1. The number of carbonyl (C=O) groups excluding carboxylic acids is 4. The van der Waals surface area contributed by atoms with Crippen LogP contribution in [0.4, 0.5) is 5.69 Å². The van der Waals surface area contributed by atoms with E-state index in [1.165, 1.54) is 13.8 Å². The van der Waals surface area contributed by atoms with Crippen LogP contribution in [-0.2, 0) is 45.2 Å². The average Bonchev–Trinajstić information content (AvgIpc) is 3.42. The molecule has 3 N–H and O–H groups in total. The second-order valence-corrected chi connectivity index (χ2v) is 14.0. The van der Waals surface area contributed by atoms with Crippen molar-refractivity contribution in [1.82, 2.24) is 30.9 Å². The Bertz CT molecular complexity index is 1860. The lowest BCUT2D eigenvalue weighted by Gasteiger charge is -2.30. The minimum atomic E-state index is -0.534. The lowest BCUT2D eigenvalue weighted by molar-refractivity contribution is -0.122. The Morgan fingerprint density at radius 3 is 2.08 bits per heavy atom. The predicted octanol–water partition coefficient (Wildman–Crippen LogP) is 4.93. The molecule has 4 amide bonds. The monoisotopic (exact) mass is 663 g/mol. The number of hydrogen-bond acceptors (Lipinski definition) is 6. The molecule has 0 fully saturated rings. The number of fused-ring (bicyclic) bond motifs is 5. The van der Waals surface area contributed by atoms with E-state index in [0.29, 0.717) is 43.0 Å². The van der Waals surface area contributed by atoms with Gasteiger partial charge in [-0.15, -0.1) is 5.10 Å². The Morgan fingerprint density at radius 1 is 0.776 bits per heavy atom. The van der Waals surface area contributed by atoms with Crippen molar-refractivity contribution < 1.29 is 19.2 Å². The molecule has 5 rings (SSSR count). The van der Waals surface area contributed by atoms with E-state index in [-0.39, 0.29) is 42.1 Å². The third-order valence-corrected chi connectivity index (χ3v) is 8.53. The summed E-state index contributed by atoms with van der Waals surface area (Å²) in [7, 11) is 0. The molecule has 1 aliphatic heterocycles. The average molecular weight is 664 g/mol. The number of carbonyl (C=O) groups is 4. The molecule has 0 radical (unpaired) electrons. The summed E-state index contributed by atoms with van der Waals surface area (Å²) in [4.78, 5) is 52.1. The maximum Gasteiger partial charge on any atom is 0.242 e. The normalized spacial score (nSPS) is 12.5. The van der Waals surface area contributed by atoms with Gasteiger partial charge in [0.05, 0.1) is 17.9 Å². The van der Waals surface area contributed by atoms with Gasteiger partial charge in [0.25, 0.3) is 0 Å². The van der Waals surface area contributed by atoms with Crippen molar-refractivity contribution >= 4 is 29.3 Å². The zero-order chi connectivity index (χ0) is 35.3. The van der Waals surface area contributed by atoms with Crippen LogP contribution in [0.2, 0.25) is 0 Å². The Morgan fingerprint density at radius 2 is 1.39 bits per heavy atom. The molecular formula is C38H45N7O4. The van der Waals surface area contributed by atoms with E-state index in [4.69, 9.17) is 0 Å². The van der Waals surface area contributed by atoms with Crippen LogP contribution in [0.15, 0.2) is 72.8 Å². The number of rotatable bonds is 11. The zero-order valence-corrected chi connectivity index (χ0v) is 29.1. The molecule has 0 aliphatic carbocycles. The molecular weight excluding hydrogens is 618 g/mol. The Balaban J connectivity index is 1.35. The number of nitrogens with zero attached hydrogens (tertiary/aromatic N) is 4. The Kier molecular flexibility index (Phi) is 10.3. The van der Waals surface area contributed by atoms with E-state index in [2.05, 4.69) is 26.3 Å². The van der Waals surface area contributed by atoms with Crippen molar-refractivity contribution in [2.75, 3.05) is 4.90 Å². The highest BCUT2D eigenvalue weighted by Gasteiger charge is 2.30. The molecule has 0 bridgehead atoms. The highest BCUT2D eigenvalue weighted by Crippen LogP contribution is 2.41. The molecule has 0 saturated carbocycles. The van der Waals surface area contributed by atoms with Gasteiger partial charge in [-0.1, -0.05) is 71.9 Å². The standard InChI is InChI=1S/C38H45N7O4/c1-25(46)40-37(3,4)20-19-34(49)44-23-29-11-7-8-12-30(29)36-35(31-13-9-10-14-32(31)44)42-43-45(36)24-33(48)39-22-28-17-15-27(16-18-28)21-38(5,6)41-26(2)47/h7-18H,19-24H2,1-6H3,(H,39,48)(H,40,46)(H,41,47). The Hall–Kier alpha value is -5.32. The lowest BCUT2D eigenvalue weighted by atomic mass is 9.94. The highest BCUT2D eigenvalue weighted by atomic mass is 16.2. The van der Waals surface area contributed by atoms with Crippen LogP contribution in [0, 0.1) is 0 Å². The summed E-state index contributed by atoms with van der Waals surface area (Å²) in [6.45, 7) is 11.4. The molecule has 0 unspecified atom stereocenters. The summed E-state index contributed by atoms with van der Waals surface area (Å²) in [5, 5.41) is 17.9. The van der Waals surface area contributed by atoms with Gasteiger partial charge in [-0.25, -0.2) is 4.68 Å². The molecule has 11 nitrogen and oxygen atoms in total. The maximum absolute atomic E-state index is 13.8. The molecule has 2 heterocycles. The molecule has 256 valence electrons. The highest BCUT2D eigenvalue weighted by molar-refractivity contribution is 6.00. The van der Waals surface area contributed by atoms with Crippen LogP contribution in [0.1, 0.15) is 71.1 Å². The van der Waals surface area contributed by atoms with Gasteiger partial charge in [-0.3, -0.25) is 19.2 Å². The van der Waals surface area contributed by atoms with Gasteiger partial charge in [0.15, 0.2) is 0 Å². The smallest absolute Gasteiger partial charge is 0.242 e. The fraction of sp³-hybridized carbons (Fsp3) is 0.368. The van der Waals surface area contributed by atoms with Crippen LogP contribution in [-0.4, -0.2) is 49.7 Å². The molecule has 3 aromatic carbocycles. The van der Waals surface area contributed by atoms with Crippen molar-refractivity contribution in [1.29, 1.82) is 0 Å². The number of nitrogens with one attached hydrogen (secondary N) is 3. The number of para-hydroxylation sites is 1. The summed E-state index contributed by atoms with van der Waals surface area (Å²) < 4.78 is 1.63. The molecule has 0 atom stereocenters. The maximum atomic E-state index is 13.8. The number of amides is 4. The topological polar surface area (TPSA) is 138 Å². The summed E-state index contributed by atoms with van der Waals surface area (Å²) in [5.74, 6) is -0.484.